The van der Waals surface area contributed by atoms with E-state index in [-0.39, 0.29) is 11.9 Å². The summed E-state index contributed by atoms with van der Waals surface area (Å²) in [5.74, 6) is 0.0319. The molecule has 0 aromatic heterocycles. The van der Waals surface area contributed by atoms with Gasteiger partial charge >= 0.3 is 6.03 Å². The van der Waals surface area contributed by atoms with Crippen molar-refractivity contribution in [1.29, 1.82) is 0 Å². The fourth-order valence-electron chi connectivity index (χ4n) is 3.36. The van der Waals surface area contributed by atoms with Crippen molar-refractivity contribution in [2.24, 2.45) is 0 Å². The average molecular weight is 316 g/mol. The van der Waals surface area contributed by atoms with Crippen LogP contribution in [0.15, 0.2) is 24.3 Å². The summed E-state index contributed by atoms with van der Waals surface area (Å²) in [6.07, 6.45) is 0.913. The van der Waals surface area contributed by atoms with Crippen LogP contribution in [0, 0.1) is 0 Å². The molecule has 2 unspecified atom stereocenters. The molecule has 1 aromatic rings. The summed E-state index contributed by atoms with van der Waals surface area (Å²) in [4.78, 5) is 28.3. The second kappa shape index (κ2) is 6.58. The molecule has 2 saturated heterocycles. The number of amides is 3. The van der Waals surface area contributed by atoms with Crippen LogP contribution >= 0.6 is 0 Å². The van der Waals surface area contributed by atoms with Crippen LogP contribution in [0.2, 0.25) is 0 Å². The van der Waals surface area contributed by atoms with E-state index in [9.17, 15) is 9.59 Å². The van der Waals surface area contributed by atoms with Gasteiger partial charge in [0.2, 0.25) is 0 Å². The first kappa shape index (κ1) is 15.8. The van der Waals surface area contributed by atoms with Gasteiger partial charge in [0.25, 0.3) is 5.91 Å². The Labute approximate surface area is 136 Å². The molecule has 2 aliphatic heterocycles. The molecule has 0 saturated carbocycles. The summed E-state index contributed by atoms with van der Waals surface area (Å²) in [5.41, 5.74) is 1.42. The van der Waals surface area contributed by atoms with Gasteiger partial charge in [0.05, 0.1) is 0 Å². The van der Waals surface area contributed by atoms with Gasteiger partial charge in [-0.25, -0.2) is 4.79 Å². The third-order valence-electron chi connectivity index (χ3n) is 4.33. The Balaban J connectivity index is 1.79. The molecule has 0 aliphatic carbocycles. The van der Waals surface area contributed by atoms with Crippen LogP contribution in [-0.4, -0.2) is 55.1 Å². The molecule has 0 bridgehead atoms. The predicted molar refractivity (Wildman–Crippen MR) is 89.8 cm³/mol. The van der Waals surface area contributed by atoms with Gasteiger partial charge in [0.1, 0.15) is 0 Å². The van der Waals surface area contributed by atoms with E-state index in [0.29, 0.717) is 43.8 Å². The van der Waals surface area contributed by atoms with Crippen LogP contribution in [-0.2, 0) is 0 Å². The monoisotopic (exact) mass is 316 g/mol. The molecule has 6 nitrogen and oxygen atoms in total. The predicted octanol–water partition coefficient (Wildman–Crippen LogP) is 1.43. The molecule has 0 radical (unpaired) electrons. The summed E-state index contributed by atoms with van der Waals surface area (Å²) in [6, 6.07) is 7.86. The van der Waals surface area contributed by atoms with Crippen molar-refractivity contribution in [1.82, 2.24) is 15.5 Å². The Morgan fingerprint density at radius 1 is 1.22 bits per heavy atom. The minimum absolute atomic E-state index is 0.0319. The second-order valence-corrected chi connectivity index (χ2v) is 6.47. The van der Waals surface area contributed by atoms with Crippen LogP contribution < -0.4 is 15.5 Å². The lowest BCUT2D eigenvalue weighted by Crippen LogP contribution is -2.55. The SMILES string of the molecule is CC1CN(C(=O)c2cccc(N3CCCNC3=O)c2)CC(C)N1. The van der Waals surface area contributed by atoms with Crippen molar-refractivity contribution in [3.05, 3.63) is 29.8 Å². The molecule has 3 rings (SSSR count). The van der Waals surface area contributed by atoms with Crippen molar-refractivity contribution < 1.29 is 9.59 Å². The fraction of sp³-hybridized carbons (Fsp3) is 0.529. The number of benzene rings is 1. The zero-order valence-electron chi connectivity index (χ0n) is 13.7. The van der Waals surface area contributed by atoms with Crippen molar-refractivity contribution in [2.75, 3.05) is 31.1 Å². The van der Waals surface area contributed by atoms with Crippen LogP contribution in [0.1, 0.15) is 30.6 Å². The largest absolute Gasteiger partial charge is 0.338 e. The quantitative estimate of drug-likeness (QED) is 0.867. The summed E-state index contributed by atoms with van der Waals surface area (Å²) in [7, 11) is 0. The van der Waals surface area contributed by atoms with E-state index < -0.39 is 0 Å². The number of rotatable bonds is 2. The van der Waals surface area contributed by atoms with Gasteiger partial charge in [-0.05, 0) is 38.5 Å². The lowest BCUT2D eigenvalue weighted by atomic mass is 10.1. The third kappa shape index (κ3) is 3.47. The first-order valence-electron chi connectivity index (χ1n) is 8.25. The van der Waals surface area contributed by atoms with E-state index in [2.05, 4.69) is 24.5 Å². The molecule has 3 amide bonds. The normalized spacial score (nSPS) is 25.2. The topological polar surface area (TPSA) is 64.7 Å². The molecule has 2 aliphatic rings. The second-order valence-electron chi connectivity index (χ2n) is 6.47. The van der Waals surface area contributed by atoms with Crippen molar-refractivity contribution in [3.8, 4) is 0 Å². The number of anilines is 1. The molecule has 2 heterocycles. The summed E-state index contributed by atoms with van der Waals surface area (Å²) in [6.45, 7) is 6.99. The number of nitrogens with zero attached hydrogens (tertiary/aromatic N) is 2. The molecular formula is C17H24N4O2. The number of urea groups is 1. The molecule has 2 atom stereocenters. The maximum absolute atomic E-state index is 12.8. The Hall–Kier alpha value is -2.08. The number of carbonyl (C=O) groups is 2. The van der Waals surface area contributed by atoms with Gasteiger partial charge in [0, 0.05) is 49.5 Å². The van der Waals surface area contributed by atoms with Gasteiger partial charge in [0.15, 0.2) is 0 Å². The van der Waals surface area contributed by atoms with Crippen LogP contribution in [0.5, 0.6) is 0 Å². The molecule has 23 heavy (non-hydrogen) atoms. The zero-order valence-corrected chi connectivity index (χ0v) is 13.7. The van der Waals surface area contributed by atoms with E-state index in [1.54, 1.807) is 4.90 Å². The highest BCUT2D eigenvalue weighted by atomic mass is 16.2. The third-order valence-corrected chi connectivity index (χ3v) is 4.33. The van der Waals surface area contributed by atoms with Gasteiger partial charge in [-0.2, -0.15) is 0 Å². The molecule has 2 N–H and O–H groups in total. The Morgan fingerprint density at radius 2 is 1.96 bits per heavy atom. The summed E-state index contributed by atoms with van der Waals surface area (Å²) in [5, 5.41) is 6.27. The Kier molecular flexibility index (Phi) is 4.52. The van der Waals surface area contributed by atoms with Gasteiger partial charge < -0.3 is 15.5 Å². The molecule has 6 heteroatoms. The fourth-order valence-corrected chi connectivity index (χ4v) is 3.36. The van der Waals surface area contributed by atoms with Gasteiger partial charge in [-0.15, -0.1) is 0 Å². The highest BCUT2D eigenvalue weighted by molar-refractivity contribution is 5.98. The van der Waals surface area contributed by atoms with Crippen LogP contribution in [0.25, 0.3) is 0 Å². The zero-order chi connectivity index (χ0) is 16.4. The maximum atomic E-state index is 12.8. The van der Waals surface area contributed by atoms with E-state index in [1.807, 2.05) is 29.2 Å². The number of piperazine rings is 1. The van der Waals surface area contributed by atoms with Crippen molar-refractivity contribution in [2.45, 2.75) is 32.4 Å². The number of carbonyl (C=O) groups excluding carboxylic acids is 2. The van der Waals surface area contributed by atoms with E-state index in [4.69, 9.17) is 0 Å². The Bertz CT molecular complexity index is 594. The van der Waals surface area contributed by atoms with Crippen LogP contribution in [0.4, 0.5) is 10.5 Å². The molecule has 0 spiro atoms. The molecule has 2 fully saturated rings. The molecule has 1 aromatic carbocycles. The van der Waals surface area contributed by atoms with E-state index >= 15 is 0 Å². The minimum atomic E-state index is -0.0923. The smallest absolute Gasteiger partial charge is 0.321 e. The van der Waals surface area contributed by atoms with Crippen LogP contribution in [0.3, 0.4) is 0 Å². The Morgan fingerprint density at radius 3 is 2.65 bits per heavy atom. The highest BCUT2D eigenvalue weighted by Crippen LogP contribution is 2.20. The van der Waals surface area contributed by atoms with Crippen molar-refractivity contribution >= 4 is 17.6 Å². The number of hydrogen-bond acceptors (Lipinski definition) is 3. The highest BCUT2D eigenvalue weighted by Gasteiger charge is 2.26. The number of hydrogen-bond donors (Lipinski definition) is 2. The standard InChI is InChI=1S/C17H24N4O2/c1-12-10-20(11-13(2)19-12)16(22)14-5-3-6-15(9-14)21-8-4-7-18-17(21)23/h3,5-6,9,12-13,19H,4,7-8,10-11H2,1-2H3,(H,18,23). The molecule has 124 valence electrons. The summed E-state index contributed by atoms with van der Waals surface area (Å²) >= 11 is 0. The van der Waals surface area contributed by atoms with Gasteiger partial charge in [-0.1, -0.05) is 6.07 Å². The van der Waals surface area contributed by atoms with Gasteiger partial charge in [-0.3, -0.25) is 9.69 Å². The lowest BCUT2D eigenvalue weighted by molar-refractivity contribution is 0.0674. The maximum Gasteiger partial charge on any atom is 0.321 e. The first-order chi connectivity index (χ1) is 11.0. The first-order valence-corrected chi connectivity index (χ1v) is 8.25. The molecular weight excluding hydrogens is 292 g/mol. The van der Waals surface area contributed by atoms with E-state index in [0.717, 1.165) is 12.1 Å². The van der Waals surface area contributed by atoms with E-state index in [1.165, 1.54) is 0 Å². The minimum Gasteiger partial charge on any atom is -0.338 e. The lowest BCUT2D eigenvalue weighted by Gasteiger charge is -2.36. The van der Waals surface area contributed by atoms with Crippen molar-refractivity contribution in [3.63, 3.8) is 0 Å². The number of nitrogens with one attached hydrogen (secondary N) is 2. The summed E-state index contributed by atoms with van der Waals surface area (Å²) < 4.78 is 0. The average Bonchev–Trinajstić information content (AvgIpc) is 2.54.